The number of thiazole rings is 1. The number of hydrogen-bond acceptors (Lipinski definition) is 5. The molecule has 0 aliphatic rings. The molecule has 0 spiro atoms. The summed E-state index contributed by atoms with van der Waals surface area (Å²) in [6.07, 6.45) is 1.68. The van der Waals surface area contributed by atoms with Crippen molar-refractivity contribution in [1.29, 1.82) is 0 Å². The predicted molar refractivity (Wildman–Crippen MR) is 99.7 cm³/mol. The van der Waals surface area contributed by atoms with Crippen LogP contribution in [0.5, 0.6) is 0 Å². The SMILES string of the molecule is CCNC(=NCc1nncn1C)NCc1sc(C)nc1C.I. The van der Waals surface area contributed by atoms with Crippen LogP contribution in [0.4, 0.5) is 0 Å². The lowest BCUT2D eigenvalue weighted by Crippen LogP contribution is -2.36. The lowest BCUT2D eigenvalue weighted by molar-refractivity contribution is 0.768. The second kappa shape index (κ2) is 9.03. The number of aryl methyl sites for hydroxylation is 3. The maximum atomic E-state index is 4.52. The molecule has 0 saturated heterocycles. The van der Waals surface area contributed by atoms with E-state index in [9.17, 15) is 0 Å². The summed E-state index contributed by atoms with van der Waals surface area (Å²) in [7, 11) is 1.91. The largest absolute Gasteiger partial charge is 0.357 e. The van der Waals surface area contributed by atoms with Gasteiger partial charge in [-0.1, -0.05) is 0 Å². The highest BCUT2D eigenvalue weighted by atomic mass is 127. The third-order valence-electron chi connectivity index (χ3n) is 2.94. The van der Waals surface area contributed by atoms with Crippen LogP contribution in [-0.4, -0.2) is 32.3 Å². The van der Waals surface area contributed by atoms with Gasteiger partial charge in [0, 0.05) is 18.5 Å². The van der Waals surface area contributed by atoms with Gasteiger partial charge in [-0.3, -0.25) is 0 Å². The van der Waals surface area contributed by atoms with Crippen LogP contribution < -0.4 is 10.6 Å². The van der Waals surface area contributed by atoms with Crippen molar-refractivity contribution in [3.8, 4) is 0 Å². The molecule has 0 amide bonds. The monoisotopic (exact) mass is 435 g/mol. The summed E-state index contributed by atoms with van der Waals surface area (Å²) in [5.41, 5.74) is 1.08. The number of aromatic nitrogens is 4. The van der Waals surface area contributed by atoms with Crippen LogP contribution in [0.3, 0.4) is 0 Å². The minimum Gasteiger partial charge on any atom is -0.357 e. The first kappa shape index (κ1) is 18.8. The summed E-state index contributed by atoms with van der Waals surface area (Å²) in [5, 5.41) is 15.5. The van der Waals surface area contributed by atoms with Gasteiger partial charge in [0.1, 0.15) is 12.9 Å². The van der Waals surface area contributed by atoms with E-state index in [1.807, 2.05) is 32.4 Å². The van der Waals surface area contributed by atoms with E-state index in [0.29, 0.717) is 6.54 Å². The maximum absolute atomic E-state index is 4.52. The van der Waals surface area contributed by atoms with Gasteiger partial charge in [0.2, 0.25) is 0 Å². The van der Waals surface area contributed by atoms with Gasteiger partial charge >= 0.3 is 0 Å². The normalized spacial score (nSPS) is 11.2. The molecule has 0 saturated carbocycles. The van der Waals surface area contributed by atoms with Crippen LogP contribution in [0, 0.1) is 13.8 Å². The average molecular weight is 435 g/mol. The van der Waals surface area contributed by atoms with E-state index in [1.165, 1.54) is 4.88 Å². The first-order valence-corrected chi connectivity index (χ1v) is 7.69. The number of hydrogen-bond donors (Lipinski definition) is 2. The molecule has 9 heteroatoms. The van der Waals surface area contributed by atoms with Gasteiger partial charge in [-0.25, -0.2) is 9.98 Å². The van der Waals surface area contributed by atoms with Crippen molar-refractivity contribution in [3.05, 3.63) is 27.7 Å². The molecule has 2 rings (SSSR count). The predicted octanol–water partition coefficient (Wildman–Crippen LogP) is 1.76. The fourth-order valence-electron chi connectivity index (χ4n) is 1.84. The van der Waals surface area contributed by atoms with E-state index in [1.54, 1.807) is 17.7 Å². The molecule has 0 atom stereocenters. The van der Waals surface area contributed by atoms with Crippen LogP contribution >= 0.6 is 35.3 Å². The highest BCUT2D eigenvalue weighted by Gasteiger charge is 2.06. The number of aliphatic imine (C=N–C) groups is 1. The molecule has 7 nitrogen and oxygen atoms in total. The fourth-order valence-corrected chi connectivity index (χ4v) is 2.72. The van der Waals surface area contributed by atoms with Crippen molar-refractivity contribution in [1.82, 2.24) is 30.4 Å². The Morgan fingerprint density at radius 3 is 2.68 bits per heavy atom. The van der Waals surface area contributed by atoms with Crippen LogP contribution in [0.2, 0.25) is 0 Å². The summed E-state index contributed by atoms with van der Waals surface area (Å²) in [6.45, 7) is 8.13. The van der Waals surface area contributed by atoms with Crippen molar-refractivity contribution in [2.45, 2.75) is 33.9 Å². The second-order valence-electron chi connectivity index (χ2n) is 4.65. The Hall–Kier alpha value is -1.23. The standard InChI is InChI=1S/C13H21N7S.HI/c1-5-14-13(16-7-12-19-17-8-20(12)4)15-6-11-9(2)18-10(3)21-11;/h8H,5-7H2,1-4H3,(H2,14,15,16);1H. The molecule has 0 radical (unpaired) electrons. The first-order valence-electron chi connectivity index (χ1n) is 6.88. The zero-order chi connectivity index (χ0) is 15.2. The van der Waals surface area contributed by atoms with Crippen molar-refractivity contribution >= 4 is 41.3 Å². The molecule has 0 unspecified atom stereocenters. The third kappa shape index (κ3) is 5.20. The molecule has 0 fully saturated rings. The molecule has 2 aromatic heterocycles. The Morgan fingerprint density at radius 1 is 1.36 bits per heavy atom. The lowest BCUT2D eigenvalue weighted by Gasteiger charge is -2.10. The third-order valence-corrected chi connectivity index (χ3v) is 4.02. The van der Waals surface area contributed by atoms with Gasteiger partial charge in [-0.05, 0) is 20.8 Å². The smallest absolute Gasteiger partial charge is 0.191 e. The summed E-state index contributed by atoms with van der Waals surface area (Å²) in [4.78, 5) is 10.2. The topological polar surface area (TPSA) is 80.0 Å². The summed E-state index contributed by atoms with van der Waals surface area (Å²) >= 11 is 1.71. The van der Waals surface area contributed by atoms with Crippen LogP contribution in [-0.2, 0) is 20.1 Å². The summed E-state index contributed by atoms with van der Waals surface area (Å²) in [5.74, 6) is 1.60. The van der Waals surface area contributed by atoms with E-state index in [2.05, 4.69) is 30.8 Å². The molecule has 22 heavy (non-hydrogen) atoms. The van der Waals surface area contributed by atoms with E-state index in [0.717, 1.165) is 35.6 Å². The number of guanidine groups is 1. The van der Waals surface area contributed by atoms with Crippen molar-refractivity contribution < 1.29 is 0 Å². The Kier molecular flexibility index (Phi) is 7.73. The first-order chi connectivity index (χ1) is 10.1. The van der Waals surface area contributed by atoms with Crippen molar-refractivity contribution in [2.24, 2.45) is 12.0 Å². The number of halogens is 1. The highest BCUT2D eigenvalue weighted by Crippen LogP contribution is 2.16. The zero-order valence-electron chi connectivity index (χ0n) is 13.3. The minimum atomic E-state index is 0. The molecular formula is C13H22IN7S. The maximum Gasteiger partial charge on any atom is 0.191 e. The minimum absolute atomic E-state index is 0. The lowest BCUT2D eigenvalue weighted by atomic mass is 10.4. The quantitative estimate of drug-likeness (QED) is 0.425. The van der Waals surface area contributed by atoms with Gasteiger partial charge in [0.05, 0.1) is 17.2 Å². The molecule has 2 aromatic rings. The van der Waals surface area contributed by atoms with Crippen LogP contribution in [0.25, 0.3) is 0 Å². The van der Waals surface area contributed by atoms with Gasteiger partial charge in [0.25, 0.3) is 0 Å². The zero-order valence-corrected chi connectivity index (χ0v) is 16.4. The van der Waals surface area contributed by atoms with Crippen molar-refractivity contribution in [3.63, 3.8) is 0 Å². The van der Waals surface area contributed by atoms with Gasteiger partial charge in [-0.15, -0.1) is 45.5 Å². The van der Waals surface area contributed by atoms with Gasteiger partial charge < -0.3 is 15.2 Å². The molecule has 0 bridgehead atoms. The number of rotatable bonds is 5. The molecule has 0 aliphatic heterocycles. The fraction of sp³-hybridized carbons (Fsp3) is 0.538. The van der Waals surface area contributed by atoms with Crippen molar-refractivity contribution in [2.75, 3.05) is 6.54 Å². The molecule has 0 aromatic carbocycles. The Morgan fingerprint density at radius 2 is 2.14 bits per heavy atom. The molecule has 2 heterocycles. The highest BCUT2D eigenvalue weighted by molar-refractivity contribution is 14.0. The molecule has 2 N–H and O–H groups in total. The molecular weight excluding hydrogens is 413 g/mol. The van der Waals surface area contributed by atoms with Gasteiger partial charge in [-0.2, -0.15) is 0 Å². The number of nitrogens with zero attached hydrogens (tertiary/aromatic N) is 5. The van der Waals surface area contributed by atoms with Crippen LogP contribution in [0.1, 0.15) is 28.3 Å². The van der Waals surface area contributed by atoms with E-state index in [-0.39, 0.29) is 24.0 Å². The Balaban J connectivity index is 0.00000242. The average Bonchev–Trinajstić information content (AvgIpc) is 2.99. The van der Waals surface area contributed by atoms with E-state index < -0.39 is 0 Å². The Bertz CT molecular complexity index is 620. The van der Waals surface area contributed by atoms with E-state index >= 15 is 0 Å². The molecule has 0 aliphatic carbocycles. The summed E-state index contributed by atoms with van der Waals surface area (Å²) < 4.78 is 1.86. The Labute approximate surface area is 151 Å². The summed E-state index contributed by atoms with van der Waals surface area (Å²) in [6, 6.07) is 0. The van der Waals surface area contributed by atoms with Gasteiger partial charge in [0.15, 0.2) is 11.8 Å². The van der Waals surface area contributed by atoms with Crippen LogP contribution in [0.15, 0.2) is 11.3 Å². The number of nitrogens with one attached hydrogen (secondary N) is 2. The van der Waals surface area contributed by atoms with E-state index in [4.69, 9.17) is 0 Å². The second-order valence-corrected chi connectivity index (χ2v) is 5.94. The molecule has 122 valence electrons.